The number of hydrogen-bond donors (Lipinski definition) is 1. The van der Waals surface area contributed by atoms with Gasteiger partial charge in [-0.25, -0.2) is 0 Å². The van der Waals surface area contributed by atoms with Crippen molar-refractivity contribution in [3.8, 4) is 0 Å². The van der Waals surface area contributed by atoms with Crippen LogP contribution >= 0.6 is 0 Å². The standard InChI is InChI=1S/C13H19N3O2/c1-2-8-15(9-10-6-7-10)12-5-3-4-11(14)13(12)16(17)18/h3-5,10H,2,6-9,14H2,1H3. The third-order valence-corrected chi connectivity index (χ3v) is 3.24. The first-order valence-corrected chi connectivity index (χ1v) is 6.41. The Labute approximate surface area is 107 Å². The minimum atomic E-state index is -0.375. The van der Waals surface area contributed by atoms with Crippen molar-refractivity contribution in [1.29, 1.82) is 0 Å². The van der Waals surface area contributed by atoms with Crippen LogP contribution in [0.3, 0.4) is 0 Å². The van der Waals surface area contributed by atoms with E-state index in [0.29, 0.717) is 11.6 Å². The zero-order chi connectivity index (χ0) is 13.1. The molecule has 1 aliphatic rings. The zero-order valence-corrected chi connectivity index (χ0v) is 10.6. The molecule has 2 N–H and O–H groups in total. The van der Waals surface area contributed by atoms with Gasteiger partial charge in [0.05, 0.1) is 4.92 Å². The molecular weight excluding hydrogens is 230 g/mol. The summed E-state index contributed by atoms with van der Waals surface area (Å²) in [4.78, 5) is 12.9. The Morgan fingerprint density at radius 3 is 2.78 bits per heavy atom. The predicted octanol–water partition coefficient (Wildman–Crippen LogP) is 2.80. The van der Waals surface area contributed by atoms with Gasteiger partial charge in [-0.05, 0) is 37.3 Å². The molecule has 0 aromatic heterocycles. The quantitative estimate of drug-likeness (QED) is 0.478. The van der Waals surface area contributed by atoms with E-state index in [1.165, 1.54) is 12.8 Å². The van der Waals surface area contributed by atoms with E-state index in [1.807, 2.05) is 0 Å². The summed E-state index contributed by atoms with van der Waals surface area (Å²) in [5.41, 5.74) is 6.69. The van der Waals surface area contributed by atoms with E-state index < -0.39 is 0 Å². The lowest BCUT2D eigenvalue weighted by Crippen LogP contribution is -2.27. The monoisotopic (exact) mass is 249 g/mol. The third-order valence-electron chi connectivity index (χ3n) is 3.24. The van der Waals surface area contributed by atoms with Crippen LogP contribution < -0.4 is 10.6 Å². The predicted molar refractivity (Wildman–Crippen MR) is 72.7 cm³/mol. The van der Waals surface area contributed by atoms with Crippen molar-refractivity contribution >= 4 is 17.1 Å². The van der Waals surface area contributed by atoms with E-state index in [-0.39, 0.29) is 16.3 Å². The van der Waals surface area contributed by atoms with Crippen molar-refractivity contribution in [2.24, 2.45) is 5.92 Å². The van der Waals surface area contributed by atoms with Crippen molar-refractivity contribution in [3.63, 3.8) is 0 Å². The number of nitrogens with two attached hydrogens (primary N) is 1. The van der Waals surface area contributed by atoms with Crippen LogP contribution in [0.1, 0.15) is 26.2 Å². The van der Waals surface area contributed by atoms with E-state index in [2.05, 4.69) is 11.8 Å². The highest BCUT2D eigenvalue weighted by molar-refractivity contribution is 5.75. The lowest BCUT2D eigenvalue weighted by Gasteiger charge is -2.24. The average molecular weight is 249 g/mol. The first-order valence-electron chi connectivity index (χ1n) is 6.41. The molecule has 1 fully saturated rings. The fourth-order valence-corrected chi connectivity index (χ4v) is 2.19. The van der Waals surface area contributed by atoms with Crippen LogP contribution in [0.5, 0.6) is 0 Å². The van der Waals surface area contributed by atoms with Gasteiger partial charge in [0.25, 0.3) is 0 Å². The lowest BCUT2D eigenvalue weighted by molar-refractivity contribution is -0.383. The molecular formula is C13H19N3O2. The third kappa shape index (κ3) is 2.72. The highest BCUT2D eigenvalue weighted by Gasteiger charge is 2.28. The Balaban J connectivity index is 2.32. The molecule has 0 atom stereocenters. The highest BCUT2D eigenvalue weighted by atomic mass is 16.6. The number of para-hydroxylation sites is 1. The molecule has 0 spiro atoms. The first kappa shape index (κ1) is 12.7. The van der Waals surface area contributed by atoms with Crippen LogP contribution in [0.2, 0.25) is 0 Å². The van der Waals surface area contributed by atoms with Gasteiger partial charge < -0.3 is 10.6 Å². The lowest BCUT2D eigenvalue weighted by atomic mass is 10.2. The summed E-state index contributed by atoms with van der Waals surface area (Å²) in [6.07, 6.45) is 3.44. The first-order chi connectivity index (χ1) is 8.63. The van der Waals surface area contributed by atoms with E-state index in [4.69, 9.17) is 5.73 Å². The molecule has 2 rings (SSSR count). The number of hydrogen-bond acceptors (Lipinski definition) is 4. The smallest absolute Gasteiger partial charge is 0.315 e. The van der Waals surface area contributed by atoms with Crippen molar-refractivity contribution in [2.45, 2.75) is 26.2 Å². The summed E-state index contributed by atoms with van der Waals surface area (Å²) < 4.78 is 0. The second-order valence-electron chi connectivity index (χ2n) is 4.86. The molecule has 5 heteroatoms. The summed E-state index contributed by atoms with van der Waals surface area (Å²) in [5, 5.41) is 11.2. The van der Waals surface area contributed by atoms with Crippen LogP contribution in [0.15, 0.2) is 18.2 Å². The normalized spacial score (nSPS) is 14.5. The van der Waals surface area contributed by atoms with Gasteiger partial charge in [0.1, 0.15) is 11.4 Å². The number of anilines is 2. The highest BCUT2D eigenvalue weighted by Crippen LogP contribution is 2.37. The second kappa shape index (κ2) is 5.25. The largest absolute Gasteiger partial charge is 0.393 e. The molecule has 0 amide bonds. The van der Waals surface area contributed by atoms with Gasteiger partial charge in [-0.3, -0.25) is 10.1 Å². The number of nitrogen functional groups attached to an aromatic ring is 1. The molecule has 0 radical (unpaired) electrons. The molecule has 98 valence electrons. The number of nitrogens with zero attached hydrogens (tertiary/aromatic N) is 2. The fourth-order valence-electron chi connectivity index (χ4n) is 2.19. The van der Waals surface area contributed by atoms with E-state index in [1.54, 1.807) is 18.2 Å². The van der Waals surface area contributed by atoms with Crippen molar-refractivity contribution in [3.05, 3.63) is 28.3 Å². The van der Waals surface area contributed by atoms with Crippen molar-refractivity contribution in [1.82, 2.24) is 0 Å². The van der Waals surface area contributed by atoms with Gasteiger partial charge >= 0.3 is 5.69 Å². The zero-order valence-electron chi connectivity index (χ0n) is 10.6. The number of nitro benzene ring substituents is 1. The van der Waals surface area contributed by atoms with Crippen molar-refractivity contribution < 1.29 is 4.92 Å². The molecule has 0 bridgehead atoms. The van der Waals surface area contributed by atoms with Crippen LogP contribution in [0.25, 0.3) is 0 Å². The van der Waals surface area contributed by atoms with Crippen LogP contribution in [0.4, 0.5) is 17.1 Å². The minimum absolute atomic E-state index is 0.0478. The molecule has 1 aromatic rings. The van der Waals surface area contributed by atoms with E-state index in [9.17, 15) is 10.1 Å². The molecule has 1 aromatic carbocycles. The Bertz CT molecular complexity index is 444. The molecule has 1 saturated carbocycles. The van der Waals surface area contributed by atoms with E-state index in [0.717, 1.165) is 19.5 Å². The summed E-state index contributed by atoms with van der Waals surface area (Å²) in [5.74, 6) is 0.692. The van der Waals surface area contributed by atoms with Crippen LogP contribution in [0, 0.1) is 16.0 Å². The Morgan fingerprint density at radius 1 is 1.50 bits per heavy atom. The summed E-state index contributed by atoms with van der Waals surface area (Å²) in [7, 11) is 0. The maximum Gasteiger partial charge on any atom is 0.315 e. The molecule has 0 saturated heterocycles. The minimum Gasteiger partial charge on any atom is -0.393 e. The molecule has 0 unspecified atom stereocenters. The van der Waals surface area contributed by atoms with Gasteiger partial charge in [0.15, 0.2) is 0 Å². The van der Waals surface area contributed by atoms with Crippen LogP contribution in [-0.2, 0) is 0 Å². The molecule has 5 nitrogen and oxygen atoms in total. The summed E-state index contributed by atoms with van der Waals surface area (Å²) in [6, 6.07) is 5.17. The fraction of sp³-hybridized carbons (Fsp3) is 0.538. The SMILES string of the molecule is CCCN(CC1CC1)c1cccc(N)c1[N+](=O)[O-]. The summed E-state index contributed by atoms with van der Waals surface area (Å²) >= 11 is 0. The maximum atomic E-state index is 11.2. The molecule has 1 aliphatic carbocycles. The number of benzene rings is 1. The molecule has 18 heavy (non-hydrogen) atoms. The van der Waals surface area contributed by atoms with E-state index >= 15 is 0 Å². The van der Waals surface area contributed by atoms with Gasteiger partial charge in [0, 0.05) is 13.1 Å². The Morgan fingerprint density at radius 2 is 2.22 bits per heavy atom. The van der Waals surface area contributed by atoms with Crippen molar-refractivity contribution in [2.75, 3.05) is 23.7 Å². The number of rotatable bonds is 6. The second-order valence-corrected chi connectivity index (χ2v) is 4.86. The van der Waals surface area contributed by atoms with Gasteiger partial charge in [-0.1, -0.05) is 13.0 Å². The summed E-state index contributed by atoms with van der Waals surface area (Å²) in [6.45, 7) is 3.82. The average Bonchev–Trinajstić information content (AvgIpc) is 3.11. The molecule has 0 aliphatic heterocycles. The Kier molecular flexibility index (Phi) is 3.69. The van der Waals surface area contributed by atoms with Gasteiger partial charge in [0.2, 0.25) is 0 Å². The van der Waals surface area contributed by atoms with Gasteiger partial charge in [-0.15, -0.1) is 0 Å². The Hall–Kier alpha value is -1.78. The van der Waals surface area contributed by atoms with Crippen LogP contribution in [-0.4, -0.2) is 18.0 Å². The number of nitro groups is 1. The topological polar surface area (TPSA) is 72.4 Å². The molecule has 0 heterocycles. The maximum absolute atomic E-state index is 11.2. The van der Waals surface area contributed by atoms with Gasteiger partial charge in [-0.2, -0.15) is 0 Å².